The Balaban J connectivity index is 0.000000676. The number of rotatable bonds is 9. The van der Waals surface area contributed by atoms with Gasteiger partial charge in [0.1, 0.15) is 6.54 Å². The van der Waals surface area contributed by atoms with Crippen molar-refractivity contribution in [1.82, 2.24) is 14.9 Å². The van der Waals surface area contributed by atoms with Crippen LogP contribution >= 0.6 is 0 Å². The number of fused-ring (bicyclic) bond motifs is 1. The first-order valence-corrected chi connectivity index (χ1v) is 13.2. The standard InChI is InChI=1S/C27H29N5O5.C2HF3O2/c1-17-13-23(30-27(28)29-17)37-12-6-7-18-10-11-21-20(14-18)26(36)32(16-24(33)31(21)2)22(15-25(34)35)19-8-4-3-5-9-19;3-2(4,5)1(6)7/h3-5,8-11,13-14,22H,6-7,12,15-16H2,1-2H3,(H,34,35)(H2,28,29,30);(H,6,7). The zero-order chi connectivity index (χ0) is 32.6. The van der Waals surface area contributed by atoms with Gasteiger partial charge in [0.05, 0.1) is 30.3 Å². The van der Waals surface area contributed by atoms with Crippen LogP contribution < -0.4 is 15.4 Å². The number of nitrogens with two attached hydrogens (primary N) is 1. The van der Waals surface area contributed by atoms with E-state index < -0.39 is 24.2 Å². The quantitative estimate of drug-likeness (QED) is 0.301. The molecule has 15 heteroatoms. The number of carboxylic acids is 2. The molecular weight excluding hydrogens is 587 g/mol. The van der Waals surface area contributed by atoms with Crippen molar-refractivity contribution in [3.8, 4) is 5.88 Å². The Labute approximate surface area is 249 Å². The van der Waals surface area contributed by atoms with Crippen LogP contribution in [-0.2, 0) is 20.8 Å². The third-order valence-electron chi connectivity index (χ3n) is 6.47. The first kappa shape index (κ1) is 33.3. The molecule has 3 aromatic rings. The molecular formula is C29H30F3N5O7. The first-order chi connectivity index (χ1) is 20.7. The summed E-state index contributed by atoms with van der Waals surface area (Å²) in [6.45, 7) is 1.98. The van der Waals surface area contributed by atoms with Crippen molar-refractivity contribution in [1.29, 1.82) is 0 Å². The Morgan fingerprint density at radius 2 is 1.73 bits per heavy atom. The third-order valence-corrected chi connectivity index (χ3v) is 6.47. The topological polar surface area (TPSA) is 176 Å². The molecule has 4 rings (SSSR count). The molecule has 2 heterocycles. The predicted octanol–water partition coefficient (Wildman–Crippen LogP) is 3.65. The van der Waals surface area contributed by atoms with Crippen LogP contribution in [0.5, 0.6) is 5.88 Å². The number of aromatic nitrogens is 2. The van der Waals surface area contributed by atoms with Gasteiger partial charge in [0.25, 0.3) is 5.91 Å². The number of nitrogens with zero attached hydrogens (tertiary/aromatic N) is 4. The molecule has 1 atom stereocenters. The maximum absolute atomic E-state index is 13.8. The molecule has 0 bridgehead atoms. The van der Waals surface area contributed by atoms with Crippen molar-refractivity contribution in [2.45, 2.75) is 38.4 Å². The van der Waals surface area contributed by atoms with Crippen molar-refractivity contribution < 1.29 is 47.3 Å². The number of benzene rings is 2. The molecule has 1 aliphatic rings. The fourth-order valence-corrected chi connectivity index (χ4v) is 4.40. The summed E-state index contributed by atoms with van der Waals surface area (Å²) < 4.78 is 37.4. The number of nitrogen functional groups attached to an aromatic ring is 1. The molecule has 4 N–H and O–H groups in total. The largest absolute Gasteiger partial charge is 0.490 e. The monoisotopic (exact) mass is 617 g/mol. The van der Waals surface area contributed by atoms with Gasteiger partial charge in [0.15, 0.2) is 0 Å². The van der Waals surface area contributed by atoms with Gasteiger partial charge in [0, 0.05) is 18.8 Å². The van der Waals surface area contributed by atoms with Gasteiger partial charge in [-0.1, -0.05) is 36.4 Å². The number of hydrogen-bond donors (Lipinski definition) is 3. The summed E-state index contributed by atoms with van der Waals surface area (Å²) in [6.07, 6.45) is -4.12. The van der Waals surface area contributed by atoms with Crippen LogP contribution in [0.15, 0.2) is 54.6 Å². The minimum absolute atomic E-state index is 0.152. The van der Waals surface area contributed by atoms with Gasteiger partial charge in [-0.2, -0.15) is 18.2 Å². The van der Waals surface area contributed by atoms with E-state index in [1.165, 1.54) is 9.80 Å². The maximum atomic E-state index is 13.8. The highest BCUT2D eigenvalue weighted by atomic mass is 19.4. The molecule has 0 saturated heterocycles. The molecule has 1 aliphatic heterocycles. The molecule has 1 unspecified atom stereocenters. The summed E-state index contributed by atoms with van der Waals surface area (Å²) in [7, 11) is 1.62. The number of amides is 2. The number of ether oxygens (including phenoxy) is 1. The number of carbonyl (C=O) groups excluding carboxylic acids is 2. The van der Waals surface area contributed by atoms with E-state index in [2.05, 4.69) is 9.97 Å². The predicted molar refractivity (Wildman–Crippen MR) is 151 cm³/mol. The SMILES string of the molecule is Cc1cc(OCCCc2ccc3c(c2)C(=O)N(C(CC(=O)O)c2ccccc2)CC(=O)N3C)nc(N)n1.O=C(O)C(F)(F)F. The Morgan fingerprint density at radius 1 is 1.07 bits per heavy atom. The highest BCUT2D eigenvalue weighted by Crippen LogP contribution is 2.32. The molecule has 234 valence electrons. The van der Waals surface area contributed by atoms with E-state index in [1.54, 1.807) is 49.5 Å². The first-order valence-electron chi connectivity index (χ1n) is 13.2. The lowest BCUT2D eigenvalue weighted by molar-refractivity contribution is -0.192. The lowest BCUT2D eigenvalue weighted by atomic mass is 9.99. The Hall–Kier alpha value is -5.21. The fraction of sp³-hybridized carbons (Fsp3) is 0.310. The second kappa shape index (κ2) is 14.3. The molecule has 0 spiro atoms. The Bertz CT molecular complexity index is 1500. The van der Waals surface area contributed by atoms with Crippen molar-refractivity contribution in [3.63, 3.8) is 0 Å². The number of halogens is 3. The van der Waals surface area contributed by atoms with Crippen LogP contribution in [0.2, 0.25) is 0 Å². The number of carboxylic acid groups (broad SMARTS) is 2. The summed E-state index contributed by atoms with van der Waals surface area (Å²) in [5.74, 6) is -3.93. The van der Waals surface area contributed by atoms with Crippen LogP contribution in [0.25, 0.3) is 0 Å². The molecule has 1 aromatic heterocycles. The van der Waals surface area contributed by atoms with Gasteiger partial charge >= 0.3 is 18.1 Å². The molecule has 2 aromatic carbocycles. The van der Waals surface area contributed by atoms with Gasteiger partial charge in [0.2, 0.25) is 17.7 Å². The normalized spacial score (nSPS) is 13.8. The summed E-state index contributed by atoms with van der Waals surface area (Å²) in [4.78, 5) is 58.2. The number of aryl methyl sites for hydroxylation is 2. The van der Waals surface area contributed by atoms with E-state index in [1.807, 2.05) is 19.1 Å². The zero-order valence-electron chi connectivity index (χ0n) is 23.7. The van der Waals surface area contributed by atoms with Crippen molar-refractivity contribution in [3.05, 3.63) is 77.0 Å². The minimum Gasteiger partial charge on any atom is -0.481 e. The second-order valence-corrected chi connectivity index (χ2v) is 9.72. The molecule has 12 nitrogen and oxygen atoms in total. The van der Waals surface area contributed by atoms with Crippen LogP contribution in [0.3, 0.4) is 0 Å². The number of hydrogen-bond acceptors (Lipinski definition) is 8. The molecule has 2 amide bonds. The average Bonchev–Trinajstić information content (AvgIpc) is 3.04. The van der Waals surface area contributed by atoms with Crippen molar-refractivity contribution in [2.24, 2.45) is 0 Å². The fourth-order valence-electron chi connectivity index (χ4n) is 4.40. The smallest absolute Gasteiger partial charge is 0.481 e. The summed E-state index contributed by atoms with van der Waals surface area (Å²) in [6, 6.07) is 15.3. The van der Waals surface area contributed by atoms with Crippen molar-refractivity contribution in [2.75, 3.05) is 30.8 Å². The minimum atomic E-state index is -5.08. The second-order valence-electron chi connectivity index (χ2n) is 9.72. The van der Waals surface area contributed by atoms with Gasteiger partial charge in [-0.15, -0.1) is 0 Å². The van der Waals surface area contributed by atoms with Gasteiger partial charge in [-0.25, -0.2) is 9.78 Å². The van der Waals surface area contributed by atoms with E-state index in [-0.39, 0.29) is 30.7 Å². The Morgan fingerprint density at radius 3 is 2.32 bits per heavy atom. The van der Waals surface area contributed by atoms with Crippen LogP contribution in [0, 0.1) is 6.92 Å². The summed E-state index contributed by atoms with van der Waals surface area (Å²) in [5, 5.41) is 16.7. The zero-order valence-corrected chi connectivity index (χ0v) is 23.7. The molecule has 0 aliphatic carbocycles. The van der Waals surface area contributed by atoms with Crippen LogP contribution in [0.4, 0.5) is 24.8 Å². The van der Waals surface area contributed by atoms with E-state index in [4.69, 9.17) is 20.4 Å². The van der Waals surface area contributed by atoms with Crippen LogP contribution in [-0.4, -0.2) is 75.2 Å². The van der Waals surface area contributed by atoms with Gasteiger partial charge in [-0.05, 0) is 43.0 Å². The number of alkyl halides is 3. The van der Waals surface area contributed by atoms with Crippen LogP contribution in [0.1, 0.15) is 46.1 Å². The maximum Gasteiger partial charge on any atom is 0.490 e. The summed E-state index contributed by atoms with van der Waals surface area (Å²) in [5.41, 5.74) is 8.78. The lowest BCUT2D eigenvalue weighted by Gasteiger charge is -2.29. The number of carbonyl (C=O) groups is 4. The third kappa shape index (κ3) is 8.89. The average molecular weight is 618 g/mol. The molecule has 0 saturated carbocycles. The van der Waals surface area contributed by atoms with Gasteiger partial charge in [-0.3, -0.25) is 14.4 Å². The van der Waals surface area contributed by atoms with Gasteiger partial charge < -0.3 is 30.5 Å². The number of aliphatic carboxylic acids is 2. The number of likely N-dealkylation sites (N-methyl/N-ethyl adjacent to an activating group) is 1. The lowest BCUT2D eigenvalue weighted by Crippen LogP contribution is -2.40. The molecule has 44 heavy (non-hydrogen) atoms. The number of anilines is 2. The summed E-state index contributed by atoms with van der Waals surface area (Å²) >= 11 is 0. The van der Waals surface area contributed by atoms with E-state index >= 15 is 0 Å². The Kier molecular flexibility index (Phi) is 10.8. The highest BCUT2D eigenvalue weighted by Gasteiger charge is 2.38. The van der Waals surface area contributed by atoms with E-state index in [9.17, 15) is 32.7 Å². The van der Waals surface area contributed by atoms with Crippen molar-refractivity contribution >= 4 is 35.4 Å². The molecule has 0 radical (unpaired) electrons. The molecule has 0 fully saturated rings. The van der Waals surface area contributed by atoms with E-state index in [0.717, 1.165) is 5.56 Å². The highest BCUT2D eigenvalue weighted by molar-refractivity contribution is 6.09. The van der Waals surface area contributed by atoms with E-state index in [0.29, 0.717) is 47.8 Å².